The van der Waals surface area contributed by atoms with Crippen molar-refractivity contribution >= 4 is 16.9 Å². The van der Waals surface area contributed by atoms with Crippen molar-refractivity contribution in [2.75, 3.05) is 0 Å². The highest BCUT2D eigenvalue weighted by atomic mass is 16.2. The van der Waals surface area contributed by atoms with Crippen LogP contribution in [0.4, 0.5) is 0 Å². The second-order valence-corrected chi connectivity index (χ2v) is 6.68. The first-order valence-corrected chi connectivity index (χ1v) is 9.16. The summed E-state index contributed by atoms with van der Waals surface area (Å²) < 4.78 is 0.982. The molecule has 1 atom stereocenters. The first-order chi connectivity index (χ1) is 14.1. The second kappa shape index (κ2) is 7.97. The Morgan fingerprint density at radius 1 is 1.00 bits per heavy atom. The number of para-hydroxylation sites is 2. The van der Waals surface area contributed by atoms with E-state index < -0.39 is 23.1 Å². The number of rotatable bonds is 6. The fourth-order valence-electron chi connectivity index (χ4n) is 3.17. The monoisotopic (exact) mass is 389 g/mol. The molecule has 8 heteroatoms. The van der Waals surface area contributed by atoms with E-state index >= 15 is 0 Å². The van der Waals surface area contributed by atoms with Crippen LogP contribution in [0.3, 0.4) is 0 Å². The van der Waals surface area contributed by atoms with Crippen molar-refractivity contribution in [2.24, 2.45) is 0 Å². The van der Waals surface area contributed by atoms with Gasteiger partial charge in [-0.3, -0.25) is 19.5 Å². The molecule has 29 heavy (non-hydrogen) atoms. The van der Waals surface area contributed by atoms with E-state index in [9.17, 15) is 14.4 Å². The summed E-state index contributed by atoms with van der Waals surface area (Å²) in [5, 5.41) is 5.28. The van der Waals surface area contributed by atoms with Crippen molar-refractivity contribution in [3.63, 3.8) is 0 Å². The zero-order valence-electron chi connectivity index (χ0n) is 15.5. The van der Waals surface area contributed by atoms with Gasteiger partial charge in [-0.1, -0.05) is 42.5 Å². The Labute approximate surface area is 165 Å². The van der Waals surface area contributed by atoms with Gasteiger partial charge < -0.3 is 10.3 Å². The standard InChI is InChI=1S/C21H19N5O3/c27-18-10-11-20(29)26(25-18)13-19(28)22-17(12-14-6-2-1-3-7-14)21-23-15-8-4-5-9-16(15)24-21/h1-11,17H,12-13H2,(H,22,28)(H,23,24)(H,25,27)/t17-/m0/s1. The third-order valence-corrected chi connectivity index (χ3v) is 4.55. The number of carbonyl (C=O) groups is 1. The zero-order valence-corrected chi connectivity index (χ0v) is 15.5. The third-order valence-electron chi connectivity index (χ3n) is 4.55. The van der Waals surface area contributed by atoms with Gasteiger partial charge in [-0.15, -0.1) is 0 Å². The summed E-state index contributed by atoms with van der Waals surface area (Å²) in [7, 11) is 0. The summed E-state index contributed by atoms with van der Waals surface area (Å²) in [5.41, 5.74) is 1.80. The molecule has 2 heterocycles. The van der Waals surface area contributed by atoms with E-state index in [1.165, 1.54) is 0 Å². The lowest BCUT2D eigenvalue weighted by atomic mass is 10.1. The number of nitrogens with one attached hydrogen (secondary N) is 3. The van der Waals surface area contributed by atoms with Crippen molar-refractivity contribution in [3.05, 3.63) is 98.8 Å². The maximum Gasteiger partial charge on any atom is 0.265 e. The smallest absolute Gasteiger partial charge is 0.265 e. The van der Waals surface area contributed by atoms with Crippen molar-refractivity contribution in [3.8, 4) is 0 Å². The molecule has 4 rings (SSSR count). The van der Waals surface area contributed by atoms with E-state index in [-0.39, 0.29) is 6.54 Å². The number of imidazole rings is 1. The lowest BCUT2D eigenvalue weighted by molar-refractivity contribution is -0.122. The predicted molar refractivity (Wildman–Crippen MR) is 108 cm³/mol. The van der Waals surface area contributed by atoms with Gasteiger partial charge in [0, 0.05) is 12.1 Å². The van der Waals surface area contributed by atoms with Crippen LogP contribution in [0.15, 0.2) is 76.3 Å². The molecule has 0 saturated heterocycles. The van der Waals surface area contributed by atoms with E-state index in [1.54, 1.807) is 0 Å². The maximum atomic E-state index is 12.6. The topological polar surface area (TPSA) is 113 Å². The number of H-pyrrole nitrogens is 2. The fraction of sp³-hybridized carbons (Fsp3) is 0.143. The van der Waals surface area contributed by atoms with Gasteiger partial charge in [-0.2, -0.15) is 0 Å². The number of amides is 1. The molecular weight excluding hydrogens is 370 g/mol. The van der Waals surface area contributed by atoms with Gasteiger partial charge in [-0.25, -0.2) is 9.67 Å². The fourth-order valence-corrected chi connectivity index (χ4v) is 3.17. The van der Waals surface area contributed by atoms with Gasteiger partial charge in [-0.05, 0) is 24.1 Å². The van der Waals surface area contributed by atoms with E-state index in [0.717, 1.165) is 33.4 Å². The SMILES string of the molecule is O=C(Cn1[nH]c(=O)ccc1=O)N[C@@H](Cc1ccccc1)c1nc2ccccc2[nH]1. The Morgan fingerprint density at radius 2 is 1.76 bits per heavy atom. The number of aromatic amines is 2. The quantitative estimate of drug-likeness (QED) is 0.464. The summed E-state index contributed by atoms with van der Waals surface area (Å²) >= 11 is 0. The van der Waals surface area contributed by atoms with Crippen molar-refractivity contribution in [1.82, 2.24) is 25.1 Å². The van der Waals surface area contributed by atoms with Gasteiger partial charge in [0.1, 0.15) is 12.4 Å². The summed E-state index contributed by atoms with van der Waals surface area (Å²) in [6.07, 6.45) is 0.520. The number of hydrogen-bond acceptors (Lipinski definition) is 4. The summed E-state index contributed by atoms with van der Waals surface area (Å²) in [5.74, 6) is 0.215. The van der Waals surface area contributed by atoms with E-state index in [4.69, 9.17) is 0 Å². The van der Waals surface area contributed by atoms with Crippen LogP contribution < -0.4 is 16.4 Å². The molecule has 4 aromatic rings. The molecule has 1 amide bonds. The number of fused-ring (bicyclic) bond motifs is 1. The number of aromatic nitrogens is 4. The number of nitrogens with zero attached hydrogens (tertiary/aromatic N) is 2. The first kappa shape index (κ1) is 18.4. The molecule has 0 radical (unpaired) electrons. The first-order valence-electron chi connectivity index (χ1n) is 9.16. The molecule has 0 bridgehead atoms. The number of hydrogen-bond donors (Lipinski definition) is 3. The maximum absolute atomic E-state index is 12.6. The Hall–Kier alpha value is -3.94. The average Bonchev–Trinajstić information content (AvgIpc) is 3.15. The Kier molecular flexibility index (Phi) is 5.07. The van der Waals surface area contributed by atoms with E-state index in [0.29, 0.717) is 12.2 Å². The average molecular weight is 389 g/mol. The molecule has 2 aromatic heterocycles. The van der Waals surface area contributed by atoms with Crippen LogP contribution in [0, 0.1) is 0 Å². The molecule has 0 aliphatic rings. The highest BCUT2D eigenvalue weighted by Gasteiger charge is 2.19. The second-order valence-electron chi connectivity index (χ2n) is 6.68. The molecule has 2 aromatic carbocycles. The van der Waals surface area contributed by atoms with Gasteiger partial charge in [0.05, 0.1) is 17.1 Å². The number of benzene rings is 2. The van der Waals surface area contributed by atoms with Gasteiger partial charge >= 0.3 is 0 Å². The lowest BCUT2D eigenvalue weighted by Gasteiger charge is -2.17. The highest BCUT2D eigenvalue weighted by Crippen LogP contribution is 2.19. The molecule has 0 aliphatic carbocycles. The summed E-state index contributed by atoms with van der Waals surface area (Å²) in [4.78, 5) is 43.8. The molecule has 0 unspecified atom stereocenters. The molecular formula is C21H19N5O3. The van der Waals surface area contributed by atoms with Crippen molar-refractivity contribution in [1.29, 1.82) is 0 Å². The molecule has 8 nitrogen and oxygen atoms in total. The molecule has 0 fully saturated rings. The van der Waals surface area contributed by atoms with Crippen LogP contribution >= 0.6 is 0 Å². The van der Waals surface area contributed by atoms with Crippen LogP contribution in [0.25, 0.3) is 11.0 Å². The number of carbonyl (C=O) groups excluding carboxylic acids is 1. The van der Waals surface area contributed by atoms with Gasteiger partial charge in [0.2, 0.25) is 5.91 Å². The van der Waals surface area contributed by atoms with Gasteiger partial charge in [0.15, 0.2) is 0 Å². The molecule has 3 N–H and O–H groups in total. The van der Waals surface area contributed by atoms with Crippen molar-refractivity contribution < 1.29 is 4.79 Å². The Balaban J connectivity index is 1.61. The minimum absolute atomic E-state index is 0.291. The Morgan fingerprint density at radius 3 is 2.55 bits per heavy atom. The van der Waals surface area contributed by atoms with Crippen LogP contribution in [0.1, 0.15) is 17.4 Å². The summed E-state index contributed by atoms with van der Waals surface area (Å²) in [6.45, 7) is -0.291. The molecule has 146 valence electrons. The normalized spacial score (nSPS) is 12.0. The minimum Gasteiger partial charge on any atom is -0.344 e. The largest absolute Gasteiger partial charge is 0.344 e. The van der Waals surface area contributed by atoms with Crippen LogP contribution in [-0.4, -0.2) is 25.7 Å². The molecule has 0 aliphatic heterocycles. The van der Waals surface area contributed by atoms with E-state index in [2.05, 4.69) is 20.4 Å². The van der Waals surface area contributed by atoms with E-state index in [1.807, 2.05) is 54.6 Å². The third kappa shape index (κ3) is 4.32. The lowest BCUT2D eigenvalue weighted by Crippen LogP contribution is -2.38. The highest BCUT2D eigenvalue weighted by molar-refractivity contribution is 5.77. The van der Waals surface area contributed by atoms with Crippen LogP contribution in [0.2, 0.25) is 0 Å². The zero-order chi connectivity index (χ0) is 20.2. The van der Waals surface area contributed by atoms with Crippen LogP contribution in [0.5, 0.6) is 0 Å². The van der Waals surface area contributed by atoms with Crippen LogP contribution in [-0.2, 0) is 17.8 Å². The Bertz CT molecular complexity index is 1220. The minimum atomic E-state index is -0.455. The molecule has 0 saturated carbocycles. The summed E-state index contributed by atoms with van der Waals surface area (Å²) in [6, 6.07) is 19.2. The van der Waals surface area contributed by atoms with Gasteiger partial charge in [0.25, 0.3) is 11.1 Å². The van der Waals surface area contributed by atoms with Crippen molar-refractivity contribution in [2.45, 2.75) is 19.0 Å². The predicted octanol–water partition coefficient (Wildman–Crippen LogP) is 1.51. The molecule has 0 spiro atoms.